The number of allylic oxidation sites excluding steroid dienone is 6. The maximum atomic E-state index is 2.39. The molecule has 3 heteroatoms. The van der Waals surface area contributed by atoms with E-state index < -0.39 is 23.2 Å². The first kappa shape index (κ1) is 23.7. The second-order valence-electron chi connectivity index (χ2n) is 7.55. The minimum Gasteiger partial charge on any atom is -1.00 e. The molecule has 0 heterocycles. The van der Waals surface area contributed by atoms with Crippen LogP contribution >= 0.6 is 0 Å². The number of fused-ring (bicyclic) bond motifs is 1. The summed E-state index contributed by atoms with van der Waals surface area (Å²) in [6.07, 6.45) is 9.34. The van der Waals surface area contributed by atoms with Gasteiger partial charge in [-0.05, 0) is 0 Å². The van der Waals surface area contributed by atoms with Gasteiger partial charge in [-0.2, -0.15) is 0 Å². The molecule has 5 rings (SSSR count). The van der Waals surface area contributed by atoms with Crippen LogP contribution in [0.25, 0.3) is 11.6 Å². The van der Waals surface area contributed by atoms with Gasteiger partial charge in [0.25, 0.3) is 0 Å². The predicted molar refractivity (Wildman–Crippen MR) is 119 cm³/mol. The Kier molecular flexibility index (Phi) is 8.12. The summed E-state index contributed by atoms with van der Waals surface area (Å²) >= 11 is -0.867. The molecule has 0 bridgehead atoms. The largest absolute Gasteiger partial charge is 1.00 e. The van der Waals surface area contributed by atoms with Gasteiger partial charge in [-0.3, -0.25) is 0 Å². The summed E-state index contributed by atoms with van der Waals surface area (Å²) in [6, 6.07) is 30.6. The van der Waals surface area contributed by atoms with Crippen LogP contribution in [0.2, 0.25) is 0 Å². The van der Waals surface area contributed by atoms with E-state index >= 15 is 0 Å². The van der Waals surface area contributed by atoms with Crippen molar-refractivity contribution in [2.24, 2.45) is 0 Å². The Balaban J connectivity index is 0.00000136. The third-order valence-corrected chi connectivity index (χ3v) is 10.1. The van der Waals surface area contributed by atoms with Gasteiger partial charge in [-0.1, -0.05) is 0 Å². The van der Waals surface area contributed by atoms with E-state index in [1.54, 1.807) is 3.28 Å². The summed E-state index contributed by atoms with van der Waals surface area (Å²) in [5, 5.41) is 0. The zero-order chi connectivity index (χ0) is 19.6. The Hall–Kier alpha value is -1.92. The molecule has 152 valence electrons. The van der Waals surface area contributed by atoms with Crippen LogP contribution in [-0.2, 0) is 23.2 Å². The Labute approximate surface area is 208 Å². The second kappa shape index (κ2) is 10.6. The number of hydrogen-bond donors (Lipinski definition) is 0. The monoisotopic (exact) mass is 518 g/mol. The fourth-order valence-electron chi connectivity index (χ4n) is 4.28. The number of rotatable bonds is 4. The normalized spacial score (nSPS) is 15.8. The Morgan fingerprint density at radius 1 is 0.742 bits per heavy atom. The molecule has 0 saturated carbocycles. The number of benzene rings is 3. The molecule has 3 aromatic carbocycles. The van der Waals surface area contributed by atoms with Gasteiger partial charge in [-0.15, -0.1) is 0 Å². The quantitative estimate of drug-likeness (QED) is 0.485. The molecule has 31 heavy (non-hydrogen) atoms. The summed E-state index contributed by atoms with van der Waals surface area (Å²) in [7, 11) is 0. The van der Waals surface area contributed by atoms with E-state index in [2.05, 4.69) is 116 Å². The third-order valence-electron chi connectivity index (χ3n) is 5.66. The number of hydrogen-bond acceptors (Lipinski definition) is 0. The summed E-state index contributed by atoms with van der Waals surface area (Å²) in [5.74, 6) is 0. The van der Waals surface area contributed by atoms with Crippen molar-refractivity contribution in [3.05, 3.63) is 140 Å². The van der Waals surface area contributed by atoms with Gasteiger partial charge < -0.3 is 24.8 Å². The number of halogens is 2. The van der Waals surface area contributed by atoms with Crippen LogP contribution in [0.1, 0.15) is 32.8 Å². The zero-order valence-corrected chi connectivity index (χ0v) is 21.2. The van der Waals surface area contributed by atoms with Gasteiger partial charge in [0.2, 0.25) is 0 Å². The van der Waals surface area contributed by atoms with Crippen molar-refractivity contribution in [3.8, 4) is 0 Å². The standard InChI is InChI=1S/C18H13.C10H9.2ClH.Zr/c1-3-9-15(10-4-1)18(17-13-7-8-14-17)16-11-5-2-6-12-16;1-8-6-9-4-2-3-5-10(9)7-8;;;/h1-13H;2-7H,1H3;2*1H;/q;;;;+2/p-2. The van der Waals surface area contributed by atoms with Gasteiger partial charge >= 0.3 is 185 Å². The van der Waals surface area contributed by atoms with Crippen molar-refractivity contribution in [1.82, 2.24) is 0 Å². The molecule has 1 atom stereocenters. The fraction of sp³-hybridized carbons (Fsp3) is 0.0714. The van der Waals surface area contributed by atoms with E-state index in [-0.39, 0.29) is 24.8 Å². The van der Waals surface area contributed by atoms with Gasteiger partial charge in [0.15, 0.2) is 0 Å². The van der Waals surface area contributed by atoms with Crippen LogP contribution in [0.3, 0.4) is 0 Å². The van der Waals surface area contributed by atoms with Crippen molar-refractivity contribution >= 4 is 11.6 Å². The molecule has 2 aliphatic rings. The molecule has 0 radical (unpaired) electrons. The van der Waals surface area contributed by atoms with Crippen LogP contribution in [-0.4, -0.2) is 0 Å². The smallest absolute Gasteiger partial charge is 1.00 e. The van der Waals surface area contributed by atoms with Crippen molar-refractivity contribution < 1.29 is 48.0 Å². The Morgan fingerprint density at radius 2 is 1.32 bits per heavy atom. The van der Waals surface area contributed by atoms with Gasteiger partial charge in [0.1, 0.15) is 0 Å². The van der Waals surface area contributed by atoms with E-state index in [1.165, 1.54) is 39.0 Å². The topological polar surface area (TPSA) is 0 Å². The van der Waals surface area contributed by atoms with Crippen LogP contribution in [0, 0.1) is 0 Å². The molecule has 0 spiro atoms. The first-order valence-corrected chi connectivity index (χ1v) is 12.7. The molecule has 0 nitrogen and oxygen atoms in total. The Morgan fingerprint density at radius 3 is 1.97 bits per heavy atom. The fourth-order valence-corrected chi connectivity index (χ4v) is 8.20. The first-order valence-electron chi connectivity index (χ1n) is 10.1. The van der Waals surface area contributed by atoms with Gasteiger partial charge in [0.05, 0.1) is 0 Å². The Bertz CT molecular complexity index is 1130. The molecule has 1 unspecified atom stereocenters. The minimum atomic E-state index is -0.867. The van der Waals surface area contributed by atoms with Crippen molar-refractivity contribution in [3.63, 3.8) is 0 Å². The minimum absolute atomic E-state index is 0. The SMILES string of the molecule is CC1=Cc2ccccc2[CH]1[Zr+2][C]1=CC=CC1=C(c1ccccc1)c1ccccc1.[Cl-].[Cl-]. The summed E-state index contributed by atoms with van der Waals surface area (Å²) in [5.41, 5.74) is 9.86. The van der Waals surface area contributed by atoms with E-state index in [0.29, 0.717) is 3.63 Å². The maximum Gasteiger partial charge on any atom is -1.00 e. The molecular weight excluding hydrogens is 498 g/mol. The first-order chi connectivity index (χ1) is 14.3. The summed E-state index contributed by atoms with van der Waals surface area (Å²) < 4.78 is 2.22. The van der Waals surface area contributed by atoms with Crippen molar-refractivity contribution in [2.75, 3.05) is 0 Å². The predicted octanol–water partition coefficient (Wildman–Crippen LogP) is 1.19. The van der Waals surface area contributed by atoms with E-state index in [4.69, 9.17) is 0 Å². The van der Waals surface area contributed by atoms with Crippen molar-refractivity contribution in [2.45, 2.75) is 10.5 Å². The van der Waals surface area contributed by atoms with Crippen LogP contribution in [0.4, 0.5) is 0 Å². The molecule has 3 aromatic rings. The average Bonchev–Trinajstić information content (AvgIpc) is 3.35. The van der Waals surface area contributed by atoms with Crippen molar-refractivity contribution in [1.29, 1.82) is 0 Å². The molecule has 0 fully saturated rings. The van der Waals surface area contributed by atoms with Crippen LogP contribution in [0.15, 0.2) is 118 Å². The third kappa shape index (κ3) is 4.80. The molecule has 0 aliphatic heterocycles. The second-order valence-corrected chi connectivity index (χ2v) is 11.0. The van der Waals surface area contributed by atoms with E-state index in [1.807, 2.05) is 0 Å². The molecular formula is C28H22Cl2Zr. The van der Waals surface area contributed by atoms with Crippen LogP contribution < -0.4 is 24.8 Å². The molecule has 2 aliphatic carbocycles. The summed E-state index contributed by atoms with van der Waals surface area (Å²) in [6.45, 7) is 2.31. The molecule has 0 aromatic heterocycles. The average molecular weight is 521 g/mol. The van der Waals surface area contributed by atoms with E-state index in [9.17, 15) is 0 Å². The molecule has 0 saturated heterocycles. The van der Waals surface area contributed by atoms with Gasteiger partial charge in [0, 0.05) is 0 Å². The van der Waals surface area contributed by atoms with E-state index in [0.717, 1.165) is 0 Å². The van der Waals surface area contributed by atoms with Crippen LogP contribution in [0.5, 0.6) is 0 Å². The molecule has 0 amide bonds. The maximum absolute atomic E-state index is 2.39. The van der Waals surface area contributed by atoms with Gasteiger partial charge in [-0.25, -0.2) is 0 Å². The summed E-state index contributed by atoms with van der Waals surface area (Å²) in [4.78, 5) is 0. The molecule has 0 N–H and O–H groups in total. The zero-order valence-electron chi connectivity index (χ0n) is 17.2.